The van der Waals surface area contributed by atoms with Crippen LogP contribution < -0.4 is 0 Å². The first-order valence-corrected chi connectivity index (χ1v) is 7.52. The predicted octanol–water partition coefficient (Wildman–Crippen LogP) is 2.38. The van der Waals surface area contributed by atoms with E-state index in [1.165, 1.54) is 34.6 Å². The van der Waals surface area contributed by atoms with E-state index < -0.39 is 11.0 Å². The number of hydrogen-bond donors (Lipinski definition) is 0. The molecule has 0 saturated carbocycles. The van der Waals surface area contributed by atoms with Gasteiger partial charge in [-0.05, 0) is 25.0 Å². The van der Waals surface area contributed by atoms with E-state index in [0.717, 1.165) is 0 Å². The van der Waals surface area contributed by atoms with Gasteiger partial charge in [0, 0.05) is 31.5 Å². The SMILES string of the molecule is CCOC(=O)n1c(C#CCN(C)C(C)=O)cc2cc([N+](=O)[O-])ccc21. The topological polar surface area (TPSA) is 94.7 Å². The lowest BCUT2D eigenvalue weighted by Crippen LogP contribution is -2.23. The van der Waals surface area contributed by atoms with E-state index in [1.54, 1.807) is 20.0 Å². The molecule has 2 aromatic rings. The van der Waals surface area contributed by atoms with Crippen molar-refractivity contribution in [1.82, 2.24) is 9.47 Å². The van der Waals surface area contributed by atoms with Crippen LogP contribution in [0.25, 0.3) is 10.9 Å². The van der Waals surface area contributed by atoms with Crippen molar-refractivity contribution >= 4 is 28.6 Å². The maximum absolute atomic E-state index is 12.2. The van der Waals surface area contributed by atoms with Gasteiger partial charge in [-0.1, -0.05) is 5.92 Å². The highest BCUT2D eigenvalue weighted by molar-refractivity contribution is 5.93. The van der Waals surface area contributed by atoms with Crippen molar-refractivity contribution in [3.8, 4) is 11.8 Å². The first-order valence-electron chi connectivity index (χ1n) is 7.52. The van der Waals surface area contributed by atoms with E-state index >= 15 is 0 Å². The monoisotopic (exact) mass is 343 g/mol. The fourth-order valence-electron chi connectivity index (χ4n) is 2.15. The summed E-state index contributed by atoms with van der Waals surface area (Å²) in [6.45, 7) is 3.49. The molecule has 8 nitrogen and oxygen atoms in total. The van der Waals surface area contributed by atoms with Crippen LogP contribution in [0.3, 0.4) is 0 Å². The summed E-state index contributed by atoms with van der Waals surface area (Å²) in [6.07, 6.45) is -0.615. The average Bonchev–Trinajstić information content (AvgIpc) is 2.92. The van der Waals surface area contributed by atoms with Gasteiger partial charge in [-0.25, -0.2) is 9.36 Å². The summed E-state index contributed by atoms with van der Waals surface area (Å²) in [5.41, 5.74) is 0.725. The molecule has 25 heavy (non-hydrogen) atoms. The van der Waals surface area contributed by atoms with Crippen LogP contribution in [0, 0.1) is 22.0 Å². The molecule has 8 heteroatoms. The number of fused-ring (bicyclic) bond motifs is 1. The summed E-state index contributed by atoms with van der Waals surface area (Å²) in [7, 11) is 1.61. The maximum atomic E-state index is 12.2. The molecule has 0 N–H and O–H groups in total. The van der Waals surface area contributed by atoms with Crippen molar-refractivity contribution in [3.05, 3.63) is 40.1 Å². The highest BCUT2D eigenvalue weighted by Gasteiger charge is 2.17. The van der Waals surface area contributed by atoms with Gasteiger partial charge in [0.1, 0.15) is 5.69 Å². The van der Waals surface area contributed by atoms with E-state index in [2.05, 4.69) is 11.8 Å². The molecule has 1 aromatic heterocycles. The normalized spacial score (nSPS) is 10.0. The number of nitro groups is 1. The highest BCUT2D eigenvalue weighted by atomic mass is 16.6. The molecule has 130 valence electrons. The molecular weight excluding hydrogens is 326 g/mol. The number of carbonyl (C=O) groups excluding carboxylic acids is 2. The van der Waals surface area contributed by atoms with Crippen molar-refractivity contribution in [2.45, 2.75) is 13.8 Å². The molecule has 0 bridgehead atoms. The van der Waals surface area contributed by atoms with E-state index in [9.17, 15) is 19.7 Å². The van der Waals surface area contributed by atoms with Crippen LogP contribution in [-0.2, 0) is 9.53 Å². The van der Waals surface area contributed by atoms with Gasteiger partial charge < -0.3 is 9.64 Å². The predicted molar refractivity (Wildman–Crippen MR) is 91.2 cm³/mol. The van der Waals surface area contributed by atoms with Crippen LogP contribution >= 0.6 is 0 Å². The summed E-state index contributed by atoms with van der Waals surface area (Å²) in [5.74, 6) is 5.51. The number of hydrogen-bond acceptors (Lipinski definition) is 5. The molecule has 0 aliphatic carbocycles. The Morgan fingerprint density at radius 2 is 2.08 bits per heavy atom. The van der Waals surface area contributed by atoms with Gasteiger partial charge in [-0.3, -0.25) is 14.9 Å². The fraction of sp³-hybridized carbons (Fsp3) is 0.294. The second-order valence-electron chi connectivity index (χ2n) is 5.24. The van der Waals surface area contributed by atoms with Gasteiger partial charge >= 0.3 is 6.09 Å². The number of non-ortho nitro benzene ring substituents is 1. The number of benzene rings is 1. The zero-order valence-electron chi connectivity index (χ0n) is 14.1. The molecule has 1 amide bonds. The number of nitro benzene ring substituents is 1. The summed E-state index contributed by atoms with van der Waals surface area (Å²) in [5, 5.41) is 11.4. The van der Waals surface area contributed by atoms with Crippen LogP contribution in [0.5, 0.6) is 0 Å². The van der Waals surface area contributed by atoms with Crippen molar-refractivity contribution in [3.63, 3.8) is 0 Å². The van der Waals surface area contributed by atoms with Gasteiger partial charge in [-0.15, -0.1) is 0 Å². The van der Waals surface area contributed by atoms with Crippen LogP contribution in [0.15, 0.2) is 24.3 Å². The number of amides is 1. The van der Waals surface area contributed by atoms with E-state index in [4.69, 9.17) is 4.74 Å². The molecule has 0 radical (unpaired) electrons. The van der Waals surface area contributed by atoms with Gasteiger partial charge in [0.2, 0.25) is 5.91 Å². The molecule has 1 aromatic carbocycles. The Morgan fingerprint density at radius 3 is 2.68 bits per heavy atom. The van der Waals surface area contributed by atoms with Crippen LogP contribution in [0.1, 0.15) is 19.5 Å². The first-order chi connectivity index (χ1) is 11.8. The highest BCUT2D eigenvalue weighted by Crippen LogP contribution is 2.24. The number of aromatic nitrogens is 1. The minimum absolute atomic E-state index is 0.0793. The number of nitrogens with zero attached hydrogens (tertiary/aromatic N) is 3. The third-order valence-corrected chi connectivity index (χ3v) is 3.52. The lowest BCUT2D eigenvalue weighted by molar-refractivity contribution is -0.384. The summed E-state index contributed by atoms with van der Waals surface area (Å²) in [6, 6.07) is 5.76. The molecule has 2 rings (SSSR count). The van der Waals surface area contributed by atoms with Crippen molar-refractivity contribution in [2.24, 2.45) is 0 Å². The second kappa shape index (κ2) is 7.49. The molecule has 0 saturated heterocycles. The quantitative estimate of drug-likeness (QED) is 0.484. The average molecular weight is 343 g/mol. The third kappa shape index (κ3) is 3.95. The summed E-state index contributed by atoms with van der Waals surface area (Å²) >= 11 is 0. The maximum Gasteiger partial charge on any atom is 0.419 e. The lowest BCUT2D eigenvalue weighted by Gasteiger charge is -2.09. The van der Waals surface area contributed by atoms with E-state index in [1.807, 2.05) is 0 Å². The van der Waals surface area contributed by atoms with E-state index in [-0.39, 0.29) is 24.7 Å². The van der Waals surface area contributed by atoms with Gasteiger partial charge in [0.05, 0.1) is 23.6 Å². The lowest BCUT2D eigenvalue weighted by atomic mass is 10.2. The third-order valence-electron chi connectivity index (χ3n) is 3.52. The second-order valence-corrected chi connectivity index (χ2v) is 5.24. The summed E-state index contributed by atoms with van der Waals surface area (Å²) in [4.78, 5) is 35.3. The van der Waals surface area contributed by atoms with Crippen LogP contribution in [0.4, 0.5) is 10.5 Å². The Kier molecular flexibility index (Phi) is 5.39. The van der Waals surface area contributed by atoms with Crippen LogP contribution in [-0.4, -0.2) is 46.6 Å². The van der Waals surface area contributed by atoms with Gasteiger partial charge in [0.15, 0.2) is 0 Å². The minimum Gasteiger partial charge on any atom is -0.449 e. The molecule has 0 fully saturated rings. The van der Waals surface area contributed by atoms with Crippen molar-refractivity contribution < 1.29 is 19.2 Å². The molecule has 0 spiro atoms. The number of ether oxygens (including phenoxy) is 1. The fourth-order valence-corrected chi connectivity index (χ4v) is 2.15. The van der Waals surface area contributed by atoms with Gasteiger partial charge in [0.25, 0.3) is 5.69 Å². The molecule has 1 heterocycles. The molecule has 0 unspecified atom stereocenters. The number of carbonyl (C=O) groups is 2. The zero-order chi connectivity index (χ0) is 18.6. The molecule has 0 aliphatic rings. The first kappa shape index (κ1) is 18.0. The Balaban J connectivity index is 2.51. The molecular formula is C17H17N3O5. The Labute approximate surface area is 144 Å². The van der Waals surface area contributed by atoms with Crippen molar-refractivity contribution in [2.75, 3.05) is 20.2 Å². The zero-order valence-corrected chi connectivity index (χ0v) is 14.1. The standard InChI is InChI=1S/C17H17N3O5/c1-4-25-17(22)19-14(6-5-9-18(3)12(2)21)10-13-11-15(20(23)24)7-8-16(13)19/h7-8,10-11H,4,9H2,1-3H3. The Morgan fingerprint density at radius 1 is 1.36 bits per heavy atom. The van der Waals surface area contributed by atoms with Crippen molar-refractivity contribution in [1.29, 1.82) is 0 Å². The summed E-state index contributed by atoms with van der Waals surface area (Å²) < 4.78 is 6.30. The Bertz CT molecular complexity index is 904. The van der Waals surface area contributed by atoms with Gasteiger partial charge in [-0.2, -0.15) is 0 Å². The minimum atomic E-state index is -0.615. The van der Waals surface area contributed by atoms with Crippen LogP contribution in [0.2, 0.25) is 0 Å². The largest absolute Gasteiger partial charge is 0.449 e. The Hall–Kier alpha value is -3.34. The molecule has 0 atom stereocenters. The molecule has 0 aliphatic heterocycles. The van der Waals surface area contributed by atoms with E-state index in [0.29, 0.717) is 16.6 Å². The number of rotatable bonds is 3. The smallest absolute Gasteiger partial charge is 0.419 e.